The van der Waals surface area contributed by atoms with Gasteiger partial charge in [0.05, 0.1) is 6.42 Å². The molecule has 5 heteroatoms. The Kier molecular flexibility index (Phi) is 4.94. The predicted octanol–water partition coefficient (Wildman–Crippen LogP) is 2.88. The summed E-state index contributed by atoms with van der Waals surface area (Å²) in [6.45, 7) is 0.746. The maximum absolute atomic E-state index is 12.7. The predicted molar refractivity (Wildman–Crippen MR) is 107 cm³/mol. The van der Waals surface area contributed by atoms with E-state index in [0.29, 0.717) is 6.42 Å². The monoisotopic (exact) mass is 363 g/mol. The van der Waals surface area contributed by atoms with E-state index < -0.39 is 0 Å². The molecule has 2 unspecified atom stereocenters. The van der Waals surface area contributed by atoms with Crippen LogP contribution < -0.4 is 16.0 Å². The van der Waals surface area contributed by atoms with Crippen molar-refractivity contribution < 1.29 is 9.59 Å². The molecule has 2 amide bonds. The first-order valence-electron chi connectivity index (χ1n) is 9.64. The van der Waals surface area contributed by atoms with Gasteiger partial charge in [-0.25, -0.2) is 0 Å². The highest BCUT2D eigenvalue weighted by atomic mass is 16.2. The summed E-state index contributed by atoms with van der Waals surface area (Å²) < 4.78 is 0. The first-order valence-corrected chi connectivity index (χ1v) is 9.64. The number of carbonyl (C=O) groups excluding carboxylic acids is 2. The summed E-state index contributed by atoms with van der Waals surface area (Å²) in [5.74, 6) is 0.161. The number of benzene rings is 2. The summed E-state index contributed by atoms with van der Waals surface area (Å²) >= 11 is 0. The van der Waals surface area contributed by atoms with Gasteiger partial charge in [-0.3, -0.25) is 9.59 Å². The topological polar surface area (TPSA) is 75.4 Å². The number of amides is 2. The minimum absolute atomic E-state index is 0.0106. The highest BCUT2D eigenvalue weighted by molar-refractivity contribution is 5.97. The molecule has 1 aliphatic carbocycles. The summed E-state index contributed by atoms with van der Waals surface area (Å²) in [5, 5.41) is 2.96. The third-order valence-electron chi connectivity index (χ3n) is 5.61. The normalized spacial score (nSPS) is 21.1. The van der Waals surface area contributed by atoms with Gasteiger partial charge in [0.15, 0.2) is 0 Å². The van der Waals surface area contributed by atoms with E-state index >= 15 is 0 Å². The van der Waals surface area contributed by atoms with Gasteiger partial charge in [0.25, 0.3) is 0 Å². The Balaban J connectivity index is 1.35. The Bertz CT molecular complexity index is 847. The zero-order valence-electron chi connectivity index (χ0n) is 15.4. The Labute approximate surface area is 159 Å². The van der Waals surface area contributed by atoms with E-state index in [0.717, 1.165) is 49.2 Å². The second-order valence-corrected chi connectivity index (χ2v) is 7.56. The summed E-state index contributed by atoms with van der Waals surface area (Å²) in [4.78, 5) is 26.8. The Morgan fingerprint density at radius 3 is 2.59 bits per heavy atom. The molecule has 5 nitrogen and oxygen atoms in total. The SMILES string of the molecule is NC1CCC(C(=O)Nc2ccc(CC(=O)N3CCc4ccccc43)cc2)C1. The molecule has 140 valence electrons. The number of fused-ring (bicyclic) bond motifs is 1. The lowest BCUT2D eigenvalue weighted by Crippen LogP contribution is -2.30. The molecule has 27 heavy (non-hydrogen) atoms. The smallest absolute Gasteiger partial charge is 0.231 e. The number of hydrogen-bond acceptors (Lipinski definition) is 3. The van der Waals surface area contributed by atoms with Crippen LogP contribution in [0.3, 0.4) is 0 Å². The molecule has 2 aromatic carbocycles. The van der Waals surface area contributed by atoms with Gasteiger partial charge in [0, 0.05) is 29.9 Å². The molecule has 0 bridgehead atoms. The largest absolute Gasteiger partial charge is 0.328 e. The van der Waals surface area contributed by atoms with Crippen molar-refractivity contribution in [3.8, 4) is 0 Å². The van der Waals surface area contributed by atoms with Crippen LogP contribution in [0.2, 0.25) is 0 Å². The molecule has 3 N–H and O–H groups in total. The molecule has 1 aliphatic heterocycles. The van der Waals surface area contributed by atoms with E-state index in [1.54, 1.807) is 0 Å². The number of hydrogen-bond donors (Lipinski definition) is 2. The van der Waals surface area contributed by atoms with E-state index in [4.69, 9.17) is 5.73 Å². The molecule has 2 aliphatic rings. The van der Waals surface area contributed by atoms with Crippen LogP contribution in [0.25, 0.3) is 0 Å². The van der Waals surface area contributed by atoms with Crippen LogP contribution in [0.5, 0.6) is 0 Å². The van der Waals surface area contributed by atoms with E-state index in [1.807, 2.05) is 47.4 Å². The van der Waals surface area contributed by atoms with Crippen molar-refractivity contribution in [3.05, 3.63) is 59.7 Å². The van der Waals surface area contributed by atoms with E-state index in [9.17, 15) is 9.59 Å². The van der Waals surface area contributed by atoms with E-state index in [1.165, 1.54) is 5.56 Å². The molecule has 1 saturated carbocycles. The zero-order chi connectivity index (χ0) is 18.8. The van der Waals surface area contributed by atoms with Gasteiger partial charge >= 0.3 is 0 Å². The number of nitrogens with two attached hydrogens (primary N) is 1. The van der Waals surface area contributed by atoms with E-state index in [-0.39, 0.29) is 23.8 Å². The van der Waals surface area contributed by atoms with Crippen LogP contribution in [0.4, 0.5) is 11.4 Å². The van der Waals surface area contributed by atoms with Crippen LogP contribution >= 0.6 is 0 Å². The van der Waals surface area contributed by atoms with E-state index in [2.05, 4.69) is 11.4 Å². The molecular weight excluding hydrogens is 338 g/mol. The van der Waals surface area contributed by atoms with Gasteiger partial charge in [0.1, 0.15) is 0 Å². The summed E-state index contributed by atoms with van der Waals surface area (Å²) in [7, 11) is 0. The Morgan fingerprint density at radius 1 is 1.07 bits per heavy atom. The lowest BCUT2D eigenvalue weighted by atomic mass is 10.1. The van der Waals surface area contributed by atoms with Gasteiger partial charge in [-0.1, -0.05) is 30.3 Å². The third-order valence-corrected chi connectivity index (χ3v) is 5.61. The van der Waals surface area contributed by atoms with Crippen LogP contribution in [0.1, 0.15) is 30.4 Å². The minimum atomic E-state index is 0.0106. The number of nitrogens with zero attached hydrogens (tertiary/aromatic N) is 1. The number of carbonyl (C=O) groups is 2. The lowest BCUT2D eigenvalue weighted by molar-refractivity contribution is -0.120. The maximum atomic E-state index is 12.7. The zero-order valence-corrected chi connectivity index (χ0v) is 15.4. The minimum Gasteiger partial charge on any atom is -0.328 e. The average molecular weight is 363 g/mol. The highest BCUT2D eigenvalue weighted by Gasteiger charge is 2.28. The van der Waals surface area contributed by atoms with Crippen LogP contribution in [-0.2, 0) is 22.4 Å². The number of nitrogens with one attached hydrogen (secondary N) is 1. The van der Waals surface area contributed by atoms with Crippen molar-refractivity contribution >= 4 is 23.2 Å². The van der Waals surface area contributed by atoms with Crippen LogP contribution in [-0.4, -0.2) is 24.4 Å². The first kappa shape index (κ1) is 17.7. The van der Waals surface area contributed by atoms with Crippen molar-refractivity contribution in [3.63, 3.8) is 0 Å². The molecule has 4 rings (SSSR count). The fraction of sp³-hybridized carbons (Fsp3) is 0.364. The van der Waals surface area contributed by atoms with Crippen molar-refractivity contribution in [2.45, 2.75) is 38.1 Å². The van der Waals surface area contributed by atoms with Crippen molar-refractivity contribution in [2.75, 3.05) is 16.8 Å². The molecule has 1 fully saturated rings. The fourth-order valence-electron chi connectivity index (χ4n) is 4.07. The molecule has 1 heterocycles. The Morgan fingerprint density at radius 2 is 1.85 bits per heavy atom. The average Bonchev–Trinajstić information content (AvgIpc) is 3.29. The summed E-state index contributed by atoms with van der Waals surface area (Å²) in [5.41, 5.74) is 9.87. The summed E-state index contributed by atoms with van der Waals surface area (Å²) in [6, 6.07) is 15.8. The third kappa shape index (κ3) is 3.88. The van der Waals surface area contributed by atoms with Gasteiger partial charge in [-0.05, 0) is 55.0 Å². The molecule has 0 aromatic heterocycles. The molecule has 0 radical (unpaired) electrons. The first-order chi connectivity index (χ1) is 13.1. The van der Waals surface area contributed by atoms with Crippen LogP contribution in [0, 0.1) is 5.92 Å². The quantitative estimate of drug-likeness (QED) is 0.877. The maximum Gasteiger partial charge on any atom is 0.231 e. The second-order valence-electron chi connectivity index (χ2n) is 7.56. The lowest BCUT2D eigenvalue weighted by Gasteiger charge is -2.17. The molecule has 2 atom stereocenters. The van der Waals surface area contributed by atoms with Crippen molar-refractivity contribution in [1.29, 1.82) is 0 Å². The Hall–Kier alpha value is -2.66. The second kappa shape index (κ2) is 7.53. The van der Waals surface area contributed by atoms with Gasteiger partial charge in [-0.2, -0.15) is 0 Å². The van der Waals surface area contributed by atoms with Gasteiger partial charge in [0.2, 0.25) is 11.8 Å². The van der Waals surface area contributed by atoms with Crippen LogP contribution in [0.15, 0.2) is 48.5 Å². The molecule has 0 saturated heterocycles. The molecular formula is C22H25N3O2. The number of rotatable bonds is 4. The van der Waals surface area contributed by atoms with Crippen molar-refractivity contribution in [2.24, 2.45) is 11.7 Å². The molecule has 0 spiro atoms. The summed E-state index contributed by atoms with van der Waals surface area (Å²) in [6.07, 6.45) is 3.81. The number of para-hydroxylation sites is 1. The van der Waals surface area contributed by atoms with Gasteiger partial charge < -0.3 is 16.0 Å². The fourth-order valence-corrected chi connectivity index (χ4v) is 4.07. The van der Waals surface area contributed by atoms with Crippen molar-refractivity contribution in [1.82, 2.24) is 0 Å². The number of anilines is 2. The van der Waals surface area contributed by atoms with Gasteiger partial charge in [-0.15, -0.1) is 0 Å². The highest BCUT2D eigenvalue weighted by Crippen LogP contribution is 2.28. The standard InChI is InChI=1S/C22H25N3O2/c23-18-8-7-17(14-18)22(27)24-19-9-5-15(6-10-19)13-21(26)25-12-11-16-3-1-2-4-20(16)25/h1-6,9-10,17-18H,7-8,11-14,23H2,(H,24,27). The molecule has 2 aromatic rings.